The van der Waals surface area contributed by atoms with E-state index in [-0.39, 0.29) is 25.7 Å². The van der Waals surface area contributed by atoms with E-state index in [1.807, 2.05) is 0 Å². The molecule has 0 spiro atoms. The van der Waals surface area contributed by atoms with Crippen molar-refractivity contribution in [1.29, 1.82) is 0 Å². The first-order valence-corrected chi connectivity index (χ1v) is 48.4. The Morgan fingerprint density at radius 1 is 0.271 bits per heavy atom. The zero-order valence-electron chi connectivity index (χ0n) is 70.6. The lowest BCUT2D eigenvalue weighted by Gasteiger charge is -2.21. The zero-order chi connectivity index (χ0) is 78.6. The van der Waals surface area contributed by atoms with Crippen LogP contribution in [0.5, 0.6) is 0 Å². The van der Waals surface area contributed by atoms with Crippen molar-refractivity contribution in [2.45, 2.75) is 484 Å². The first-order valence-electron chi connectivity index (χ1n) is 45.4. The summed E-state index contributed by atoms with van der Waals surface area (Å²) in [7, 11) is -9.93. The van der Waals surface area contributed by atoms with Gasteiger partial charge in [0, 0.05) is 25.7 Å². The highest BCUT2D eigenvalue weighted by atomic mass is 31.2. The number of ether oxygens (including phenoxy) is 4. The number of aliphatic hydroxyl groups excluding tert-OH is 1. The summed E-state index contributed by atoms with van der Waals surface area (Å²) in [5.74, 6) is 0.296. The van der Waals surface area contributed by atoms with Gasteiger partial charge in [-0.25, -0.2) is 9.13 Å². The maximum absolute atomic E-state index is 13.2. The predicted octanol–water partition coefficient (Wildman–Crippen LogP) is 26.9. The summed E-state index contributed by atoms with van der Waals surface area (Å²) in [6.45, 7) is 12.0. The number of unbranched alkanes of at least 4 members (excludes halogenated alkanes) is 52. The molecule has 0 aliphatic heterocycles. The smallest absolute Gasteiger partial charge is 0.462 e. The molecular formula is C88H172O17P2. The summed E-state index contributed by atoms with van der Waals surface area (Å²) in [4.78, 5) is 73.2. The fourth-order valence-corrected chi connectivity index (χ4v) is 15.2. The van der Waals surface area contributed by atoms with Crippen LogP contribution in [0, 0.1) is 17.8 Å². The van der Waals surface area contributed by atoms with Crippen LogP contribution in [0.4, 0.5) is 0 Å². The average molecular weight is 1560 g/mol. The molecule has 107 heavy (non-hydrogen) atoms. The fourth-order valence-electron chi connectivity index (χ4n) is 13.7. The van der Waals surface area contributed by atoms with Gasteiger partial charge in [0.15, 0.2) is 12.2 Å². The predicted molar refractivity (Wildman–Crippen MR) is 441 cm³/mol. The number of hydrogen-bond acceptors (Lipinski definition) is 15. The Morgan fingerprint density at radius 3 is 0.710 bits per heavy atom. The number of aliphatic hydroxyl groups is 1. The van der Waals surface area contributed by atoms with E-state index in [9.17, 15) is 43.2 Å². The molecule has 0 heterocycles. The van der Waals surface area contributed by atoms with Crippen LogP contribution in [0.3, 0.4) is 0 Å². The van der Waals surface area contributed by atoms with Crippen LogP contribution in [0.2, 0.25) is 0 Å². The Bertz CT molecular complexity index is 2060. The van der Waals surface area contributed by atoms with Gasteiger partial charge in [-0.05, 0) is 43.4 Å². The van der Waals surface area contributed by atoms with Gasteiger partial charge in [0.05, 0.1) is 26.4 Å². The minimum atomic E-state index is -4.97. The molecule has 0 saturated carbocycles. The number of esters is 4. The lowest BCUT2D eigenvalue weighted by atomic mass is 9.99. The lowest BCUT2D eigenvalue weighted by Crippen LogP contribution is -2.30. The van der Waals surface area contributed by atoms with E-state index in [4.69, 9.17) is 37.0 Å². The minimum Gasteiger partial charge on any atom is -0.462 e. The van der Waals surface area contributed by atoms with E-state index >= 15 is 0 Å². The molecular weight excluding hydrogens is 1390 g/mol. The van der Waals surface area contributed by atoms with Crippen LogP contribution < -0.4 is 0 Å². The number of phosphoric acid groups is 2. The summed E-state index contributed by atoms with van der Waals surface area (Å²) in [6, 6.07) is 0. The molecule has 3 N–H and O–H groups in total. The molecule has 0 saturated heterocycles. The van der Waals surface area contributed by atoms with E-state index in [2.05, 4.69) is 48.5 Å². The number of phosphoric ester groups is 2. The van der Waals surface area contributed by atoms with Crippen LogP contribution in [0.25, 0.3) is 0 Å². The van der Waals surface area contributed by atoms with Crippen molar-refractivity contribution in [2.24, 2.45) is 17.8 Å². The van der Waals surface area contributed by atoms with E-state index in [0.717, 1.165) is 108 Å². The molecule has 0 bridgehead atoms. The topological polar surface area (TPSA) is 237 Å². The molecule has 0 aromatic heterocycles. The van der Waals surface area contributed by atoms with Gasteiger partial charge in [-0.15, -0.1) is 0 Å². The maximum Gasteiger partial charge on any atom is 0.472 e. The first kappa shape index (κ1) is 105. The Hall–Kier alpha value is -1.94. The number of carbonyl (C=O) groups is 4. The number of hydrogen-bond donors (Lipinski definition) is 3. The molecule has 0 aromatic rings. The summed E-state index contributed by atoms with van der Waals surface area (Å²) in [6.07, 6.45) is 69.6. The second-order valence-electron chi connectivity index (χ2n) is 32.6. The van der Waals surface area contributed by atoms with E-state index in [1.165, 1.54) is 270 Å². The molecule has 17 nitrogen and oxygen atoms in total. The largest absolute Gasteiger partial charge is 0.472 e. The standard InChI is InChI=1S/C88H172O17P2/c1-8-11-12-13-14-15-16-17-18-19-23-26-33-38-43-48-57-65-72-88(93)105-84(76-99-86(91)70-63-56-51-50-52-59-66-79(4)5)78-103-107(96,97)101-74-82(89)73-100-106(94,95)102-77-83(75-98-85(90)69-62-55-47-42-37-32-29-28-31-36-41-46-54-61-68-81(7)10-3)104-87(92)71-64-58-49-44-39-34-27-24-21-20-22-25-30-35-40-45-53-60-67-80(6)9-2/h79-84,89H,8-78H2,1-7H3,(H,94,95)(H,96,97)/t80?,81?,82-,83-,84-/m1/s1. The molecule has 0 aliphatic carbocycles. The van der Waals surface area contributed by atoms with Gasteiger partial charge >= 0.3 is 39.5 Å². The van der Waals surface area contributed by atoms with Crippen molar-refractivity contribution in [3.05, 3.63) is 0 Å². The van der Waals surface area contributed by atoms with Crippen molar-refractivity contribution in [1.82, 2.24) is 0 Å². The third kappa shape index (κ3) is 79.1. The quantitative estimate of drug-likeness (QED) is 0.0222. The Morgan fingerprint density at radius 2 is 0.477 bits per heavy atom. The fraction of sp³-hybridized carbons (Fsp3) is 0.955. The molecule has 0 aromatic carbocycles. The van der Waals surface area contributed by atoms with Crippen LogP contribution in [-0.4, -0.2) is 96.7 Å². The van der Waals surface area contributed by atoms with Gasteiger partial charge in [-0.2, -0.15) is 0 Å². The Kier molecular flexibility index (Phi) is 76.6. The van der Waals surface area contributed by atoms with Crippen LogP contribution in [-0.2, 0) is 65.4 Å². The van der Waals surface area contributed by atoms with Crippen molar-refractivity contribution < 1.29 is 80.2 Å². The summed E-state index contributed by atoms with van der Waals surface area (Å²) in [5, 5.41) is 10.7. The molecule has 0 rings (SSSR count). The zero-order valence-corrected chi connectivity index (χ0v) is 72.4. The van der Waals surface area contributed by atoms with Gasteiger partial charge in [-0.3, -0.25) is 37.3 Å². The lowest BCUT2D eigenvalue weighted by molar-refractivity contribution is -0.161. The van der Waals surface area contributed by atoms with Crippen molar-refractivity contribution in [3.63, 3.8) is 0 Å². The molecule has 7 atom stereocenters. The van der Waals surface area contributed by atoms with Crippen LogP contribution >= 0.6 is 15.6 Å². The van der Waals surface area contributed by atoms with Gasteiger partial charge in [0.25, 0.3) is 0 Å². The highest BCUT2D eigenvalue weighted by Gasteiger charge is 2.31. The number of carbonyl (C=O) groups excluding carboxylic acids is 4. The van der Waals surface area contributed by atoms with E-state index in [0.29, 0.717) is 31.6 Å². The van der Waals surface area contributed by atoms with Gasteiger partial charge in [0.1, 0.15) is 19.3 Å². The molecule has 0 amide bonds. The summed E-state index contributed by atoms with van der Waals surface area (Å²) in [5.41, 5.74) is 0. The third-order valence-corrected chi connectivity index (χ3v) is 23.3. The van der Waals surface area contributed by atoms with Crippen LogP contribution in [0.1, 0.15) is 466 Å². The molecule has 636 valence electrons. The number of rotatable bonds is 86. The molecule has 4 unspecified atom stereocenters. The molecule has 0 aliphatic rings. The van der Waals surface area contributed by atoms with Gasteiger partial charge in [0.2, 0.25) is 0 Å². The van der Waals surface area contributed by atoms with Crippen molar-refractivity contribution >= 4 is 39.5 Å². The second-order valence-corrected chi connectivity index (χ2v) is 35.5. The molecule has 0 radical (unpaired) electrons. The van der Waals surface area contributed by atoms with E-state index < -0.39 is 97.5 Å². The van der Waals surface area contributed by atoms with Gasteiger partial charge < -0.3 is 33.8 Å². The highest BCUT2D eigenvalue weighted by molar-refractivity contribution is 7.47. The SMILES string of the molecule is CCCCCCCCCCCCCCCCCCCCC(=O)O[C@H](COC(=O)CCCCCCCCC(C)C)COP(=O)(O)OC[C@H](O)COP(=O)(O)OC[C@@H](COC(=O)CCCCCCCCCCCCCCCCC(C)CC)OC(=O)CCCCCCCCCCCCCCCCCCCCC(C)CC. The molecule has 19 heteroatoms. The van der Waals surface area contributed by atoms with Crippen molar-refractivity contribution in [3.8, 4) is 0 Å². The Balaban J connectivity index is 5.21. The van der Waals surface area contributed by atoms with E-state index in [1.54, 1.807) is 0 Å². The monoisotopic (exact) mass is 1560 g/mol. The third-order valence-electron chi connectivity index (χ3n) is 21.4. The van der Waals surface area contributed by atoms with Crippen LogP contribution in [0.15, 0.2) is 0 Å². The Labute approximate surface area is 658 Å². The average Bonchev–Trinajstić information content (AvgIpc) is 0.902. The first-order chi connectivity index (χ1) is 51.8. The maximum atomic E-state index is 13.2. The summed E-state index contributed by atoms with van der Waals surface area (Å²) >= 11 is 0. The second kappa shape index (κ2) is 78.0. The van der Waals surface area contributed by atoms with Gasteiger partial charge in [-0.1, -0.05) is 414 Å². The minimum absolute atomic E-state index is 0.108. The highest BCUT2D eigenvalue weighted by Crippen LogP contribution is 2.45. The molecule has 0 fully saturated rings. The normalized spacial score (nSPS) is 14.3. The van der Waals surface area contributed by atoms with Crippen molar-refractivity contribution in [2.75, 3.05) is 39.6 Å². The summed E-state index contributed by atoms with van der Waals surface area (Å²) < 4.78 is 68.9.